The normalized spacial score (nSPS) is 11.5. The van der Waals surface area contributed by atoms with Gasteiger partial charge in [-0.15, -0.1) is 0 Å². The maximum atomic E-state index is 2.46. The molecule has 0 spiro atoms. The molecule has 296 valence electrons. The minimum atomic E-state index is 1.09. The second-order valence-corrected chi connectivity index (χ2v) is 16.2. The lowest BCUT2D eigenvalue weighted by molar-refractivity contribution is 1.17. The number of benzene rings is 10. The summed E-state index contributed by atoms with van der Waals surface area (Å²) in [5.74, 6) is 0. The van der Waals surface area contributed by atoms with Gasteiger partial charge < -0.3 is 14.0 Å². The molecule has 10 aromatic carbocycles. The molecule has 3 nitrogen and oxygen atoms in total. The fourth-order valence-electron chi connectivity index (χ4n) is 9.57. The zero-order valence-corrected chi connectivity index (χ0v) is 34.5. The summed E-state index contributed by atoms with van der Waals surface area (Å²) in [6.45, 7) is 0. The number of fused-ring (bicyclic) bond motifs is 7. The van der Waals surface area contributed by atoms with Crippen molar-refractivity contribution in [2.45, 2.75) is 0 Å². The number of para-hydroxylation sites is 3. The van der Waals surface area contributed by atoms with Crippen molar-refractivity contribution >= 4 is 60.7 Å². The monoisotopic (exact) mass is 803 g/mol. The van der Waals surface area contributed by atoms with Crippen LogP contribution >= 0.6 is 0 Å². The standard InChI is InChI=1S/C60H41N3/c1-4-15-42(16-5-1)44-27-33-49(34-28-44)61(52-22-14-19-47(41-52)43-17-6-2-7-18-43)50-35-29-45(30-36-50)46-31-37-51(38-32-46)63-56-25-12-10-23-53(56)54-39-40-58-59(60(54)63)55-24-11-13-26-57(55)62(58)48-20-8-3-9-21-48/h1-41H. The van der Waals surface area contributed by atoms with Crippen molar-refractivity contribution in [3.8, 4) is 44.8 Å². The Morgan fingerprint density at radius 3 is 1.33 bits per heavy atom. The second-order valence-electron chi connectivity index (χ2n) is 16.2. The van der Waals surface area contributed by atoms with Crippen LogP contribution in [0.2, 0.25) is 0 Å². The van der Waals surface area contributed by atoms with Crippen molar-refractivity contribution in [3.05, 3.63) is 249 Å². The highest BCUT2D eigenvalue weighted by molar-refractivity contribution is 6.26. The van der Waals surface area contributed by atoms with E-state index in [1.165, 1.54) is 77.0 Å². The van der Waals surface area contributed by atoms with E-state index in [1.807, 2.05) is 0 Å². The smallest absolute Gasteiger partial charge is 0.0641 e. The average Bonchev–Trinajstić information content (AvgIpc) is 3.89. The third-order valence-corrected chi connectivity index (χ3v) is 12.5. The summed E-state index contributed by atoms with van der Waals surface area (Å²) in [5.41, 5.74) is 17.5. The number of rotatable bonds is 8. The van der Waals surface area contributed by atoms with Crippen molar-refractivity contribution in [3.63, 3.8) is 0 Å². The molecule has 0 fully saturated rings. The molecule has 0 unspecified atom stereocenters. The highest BCUT2D eigenvalue weighted by atomic mass is 15.1. The van der Waals surface area contributed by atoms with E-state index < -0.39 is 0 Å². The Kier molecular flexibility index (Phi) is 8.83. The second kappa shape index (κ2) is 15.3. The highest BCUT2D eigenvalue weighted by Crippen LogP contribution is 2.43. The topological polar surface area (TPSA) is 13.1 Å². The molecule has 3 heteroatoms. The number of aromatic nitrogens is 2. The molecule has 0 radical (unpaired) electrons. The maximum Gasteiger partial charge on any atom is 0.0641 e. The fraction of sp³-hybridized carbons (Fsp3) is 0. The van der Waals surface area contributed by atoms with Gasteiger partial charge in [0.1, 0.15) is 0 Å². The maximum absolute atomic E-state index is 2.46. The Hall–Kier alpha value is -8.40. The zero-order valence-electron chi connectivity index (χ0n) is 34.5. The first-order valence-electron chi connectivity index (χ1n) is 21.6. The molecule has 12 rings (SSSR count). The predicted molar refractivity (Wildman–Crippen MR) is 266 cm³/mol. The van der Waals surface area contributed by atoms with Crippen LogP contribution < -0.4 is 4.90 Å². The van der Waals surface area contributed by atoms with E-state index in [9.17, 15) is 0 Å². The lowest BCUT2D eigenvalue weighted by Gasteiger charge is -2.26. The largest absolute Gasteiger partial charge is 0.310 e. The molecule has 2 heterocycles. The van der Waals surface area contributed by atoms with Gasteiger partial charge in [0.25, 0.3) is 0 Å². The molecular formula is C60H41N3. The van der Waals surface area contributed by atoms with Gasteiger partial charge in [-0.1, -0.05) is 170 Å². The number of nitrogens with zero attached hydrogens (tertiary/aromatic N) is 3. The minimum absolute atomic E-state index is 1.09. The predicted octanol–water partition coefficient (Wildman–Crippen LogP) is 16.4. The van der Waals surface area contributed by atoms with Crippen LogP contribution in [0.3, 0.4) is 0 Å². The first-order chi connectivity index (χ1) is 31.3. The summed E-state index contributed by atoms with van der Waals surface area (Å²) >= 11 is 0. The Bertz CT molecular complexity index is 3570. The zero-order chi connectivity index (χ0) is 41.7. The van der Waals surface area contributed by atoms with Crippen LogP contribution in [-0.4, -0.2) is 9.13 Å². The van der Waals surface area contributed by atoms with Gasteiger partial charge in [0, 0.05) is 50.0 Å². The molecule has 0 N–H and O–H groups in total. The molecule has 0 aliphatic carbocycles. The first kappa shape index (κ1) is 36.5. The van der Waals surface area contributed by atoms with E-state index in [-0.39, 0.29) is 0 Å². The molecular weight excluding hydrogens is 763 g/mol. The van der Waals surface area contributed by atoms with Gasteiger partial charge in [-0.25, -0.2) is 0 Å². The van der Waals surface area contributed by atoms with Gasteiger partial charge >= 0.3 is 0 Å². The van der Waals surface area contributed by atoms with Crippen molar-refractivity contribution in [2.24, 2.45) is 0 Å². The molecule has 0 amide bonds. The van der Waals surface area contributed by atoms with E-state index in [0.717, 1.165) is 28.4 Å². The molecule has 0 aliphatic heterocycles. The molecule has 0 bridgehead atoms. The van der Waals surface area contributed by atoms with Crippen LogP contribution in [0.1, 0.15) is 0 Å². The van der Waals surface area contributed by atoms with Crippen molar-refractivity contribution in [1.29, 1.82) is 0 Å². The summed E-state index contributed by atoms with van der Waals surface area (Å²) in [4.78, 5) is 2.35. The van der Waals surface area contributed by atoms with Gasteiger partial charge in [-0.2, -0.15) is 0 Å². The van der Waals surface area contributed by atoms with Crippen molar-refractivity contribution in [1.82, 2.24) is 9.13 Å². The average molecular weight is 804 g/mol. The minimum Gasteiger partial charge on any atom is -0.310 e. The van der Waals surface area contributed by atoms with Crippen LogP contribution in [0, 0.1) is 0 Å². The quantitative estimate of drug-likeness (QED) is 0.149. The SMILES string of the molecule is c1ccc(-c2ccc(N(c3ccc(-c4ccc(-n5c6ccccc6c6ccc7c(c8ccccc8n7-c7ccccc7)c65)cc4)cc3)c3cccc(-c4ccccc4)c3)cc2)cc1. The number of hydrogen-bond donors (Lipinski definition) is 0. The van der Waals surface area contributed by atoms with Crippen molar-refractivity contribution in [2.75, 3.05) is 4.90 Å². The Labute approximate surface area is 366 Å². The fourth-order valence-corrected chi connectivity index (χ4v) is 9.57. The molecule has 12 aromatic rings. The third kappa shape index (κ3) is 6.29. The van der Waals surface area contributed by atoms with Gasteiger partial charge in [0.2, 0.25) is 0 Å². The molecule has 2 aromatic heterocycles. The van der Waals surface area contributed by atoms with Crippen LogP contribution in [0.25, 0.3) is 88.4 Å². The highest BCUT2D eigenvalue weighted by Gasteiger charge is 2.21. The van der Waals surface area contributed by atoms with E-state index in [4.69, 9.17) is 0 Å². The van der Waals surface area contributed by atoms with Gasteiger partial charge in [-0.05, 0) is 112 Å². The summed E-state index contributed by atoms with van der Waals surface area (Å²) in [5, 5.41) is 5.01. The summed E-state index contributed by atoms with van der Waals surface area (Å²) < 4.78 is 4.87. The Morgan fingerprint density at radius 1 is 0.254 bits per heavy atom. The number of hydrogen-bond acceptors (Lipinski definition) is 1. The molecule has 0 saturated carbocycles. The van der Waals surface area contributed by atoms with Gasteiger partial charge in [0.15, 0.2) is 0 Å². The Morgan fingerprint density at radius 2 is 0.714 bits per heavy atom. The van der Waals surface area contributed by atoms with E-state index in [0.29, 0.717) is 0 Å². The van der Waals surface area contributed by atoms with Crippen molar-refractivity contribution < 1.29 is 0 Å². The first-order valence-corrected chi connectivity index (χ1v) is 21.6. The van der Waals surface area contributed by atoms with Crippen LogP contribution in [0.4, 0.5) is 17.1 Å². The number of anilines is 3. The van der Waals surface area contributed by atoms with Crippen LogP contribution in [0.15, 0.2) is 249 Å². The third-order valence-electron chi connectivity index (χ3n) is 12.5. The lowest BCUT2D eigenvalue weighted by atomic mass is 10.0. The lowest BCUT2D eigenvalue weighted by Crippen LogP contribution is -2.10. The molecule has 0 aliphatic rings. The van der Waals surface area contributed by atoms with Gasteiger partial charge in [-0.3, -0.25) is 0 Å². The molecule has 0 atom stereocenters. The summed E-state index contributed by atoms with van der Waals surface area (Å²) in [7, 11) is 0. The van der Waals surface area contributed by atoms with E-state index in [1.54, 1.807) is 0 Å². The summed E-state index contributed by atoms with van der Waals surface area (Å²) in [6.07, 6.45) is 0. The molecule has 0 saturated heterocycles. The Balaban J connectivity index is 0.944. The molecule has 63 heavy (non-hydrogen) atoms. The van der Waals surface area contributed by atoms with Gasteiger partial charge in [0.05, 0.1) is 22.1 Å². The van der Waals surface area contributed by atoms with Crippen LogP contribution in [0.5, 0.6) is 0 Å². The van der Waals surface area contributed by atoms with E-state index in [2.05, 4.69) is 263 Å². The summed E-state index contributed by atoms with van der Waals surface area (Å²) in [6, 6.07) is 89.9. The van der Waals surface area contributed by atoms with E-state index >= 15 is 0 Å². The van der Waals surface area contributed by atoms with Crippen LogP contribution in [-0.2, 0) is 0 Å².